The van der Waals surface area contributed by atoms with Crippen LogP contribution in [0.25, 0.3) is 11.6 Å². The van der Waals surface area contributed by atoms with E-state index in [1.165, 1.54) is 0 Å². The summed E-state index contributed by atoms with van der Waals surface area (Å²) in [5.74, 6) is 1.27. The van der Waals surface area contributed by atoms with Crippen molar-refractivity contribution in [1.82, 2.24) is 15.5 Å². The Morgan fingerprint density at radius 3 is 2.76 bits per heavy atom. The predicted octanol–water partition coefficient (Wildman–Crippen LogP) is 2.50. The van der Waals surface area contributed by atoms with Gasteiger partial charge in [0.25, 0.3) is 0 Å². The zero-order chi connectivity index (χ0) is 17.5. The van der Waals surface area contributed by atoms with Gasteiger partial charge in [-0.1, -0.05) is 35.5 Å². The topological polar surface area (TPSA) is 101 Å². The van der Waals surface area contributed by atoms with Gasteiger partial charge in [-0.2, -0.15) is 4.98 Å². The summed E-state index contributed by atoms with van der Waals surface area (Å²) in [5.41, 5.74) is 0.873. The highest BCUT2D eigenvalue weighted by Crippen LogP contribution is 2.17. The molecule has 0 saturated carbocycles. The number of aryl methyl sites for hydroxylation is 1. The van der Waals surface area contributed by atoms with Crippen LogP contribution >= 0.6 is 0 Å². The fourth-order valence-electron chi connectivity index (χ4n) is 2.45. The van der Waals surface area contributed by atoms with Crippen molar-refractivity contribution in [2.24, 2.45) is 0 Å². The van der Waals surface area contributed by atoms with E-state index in [0.29, 0.717) is 36.7 Å². The number of amides is 1. The Bertz CT molecular complexity index is 784. The summed E-state index contributed by atoms with van der Waals surface area (Å²) < 4.78 is 10.3. The van der Waals surface area contributed by atoms with Crippen molar-refractivity contribution in [3.8, 4) is 11.6 Å². The summed E-state index contributed by atoms with van der Waals surface area (Å²) in [4.78, 5) is 16.3. The van der Waals surface area contributed by atoms with Crippen LogP contribution in [0, 0.1) is 0 Å². The van der Waals surface area contributed by atoms with Gasteiger partial charge in [0.2, 0.25) is 17.6 Å². The van der Waals surface area contributed by atoms with Crippen LogP contribution in [0.4, 0.5) is 0 Å². The van der Waals surface area contributed by atoms with E-state index >= 15 is 0 Å². The average Bonchev–Trinajstić information content (AvgIpc) is 3.32. The quantitative estimate of drug-likeness (QED) is 0.653. The molecular weight excluding hydrogens is 322 g/mol. The van der Waals surface area contributed by atoms with Crippen LogP contribution in [0.3, 0.4) is 0 Å². The minimum Gasteiger partial charge on any atom is -0.461 e. The smallest absolute Gasteiger partial charge is 0.238 e. The molecule has 0 spiro atoms. The van der Waals surface area contributed by atoms with Crippen LogP contribution in [-0.2, 0) is 11.2 Å². The number of benzene rings is 1. The molecular formula is C18H19N3O4. The number of nitrogens with zero attached hydrogens (tertiary/aromatic N) is 2. The van der Waals surface area contributed by atoms with Gasteiger partial charge in [-0.15, -0.1) is 0 Å². The van der Waals surface area contributed by atoms with Gasteiger partial charge in [-0.3, -0.25) is 4.79 Å². The molecule has 0 radical (unpaired) electrons. The number of hydrogen-bond acceptors (Lipinski definition) is 6. The van der Waals surface area contributed by atoms with Gasteiger partial charge in [0.15, 0.2) is 5.76 Å². The van der Waals surface area contributed by atoms with E-state index in [1.54, 1.807) is 18.4 Å². The molecule has 0 bridgehead atoms. The molecule has 0 unspecified atom stereocenters. The standard InChI is InChI=1S/C18H19N3O4/c22-12-14(13-6-2-1-3-7-13)19-16(23)9-4-10-17-20-18(21-25-17)15-8-5-11-24-15/h1-3,5-8,11,14,22H,4,9-10,12H2,(H,19,23)/t14-/m0/s1. The molecule has 0 fully saturated rings. The van der Waals surface area contributed by atoms with Gasteiger partial charge in [0.05, 0.1) is 18.9 Å². The zero-order valence-corrected chi connectivity index (χ0v) is 13.6. The average molecular weight is 341 g/mol. The molecule has 1 atom stereocenters. The van der Waals surface area contributed by atoms with E-state index < -0.39 is 6.04 Å². The van der Waals surface area contributed by atoms with Gasteiger partial charge in [0, 0.05) is 12.8 Å². The Labute approximate surface area is 144 Å². The van der Waals surface area contributed by atoms with Crippen LogP contribution in [0.2, 0.25) is 0 Å². The highest BCUT2D eigenvalue weighted by atomic mass is 16.5. The second kappa shape index (κ2) is 8.25. The molecule has 7 heteroatoms. The number of rotatable bonds is 8. The Morgan fingerprint density at radius 2 is 2.04 bits per heavy atom. The molecule has 0 aliphatic heterocycles. The lowest BCUT2D eigenvalue weighted by atomic mass is 10.1. The number of aliphatic hydroxyl groups excluding tert-OH is 1. The van der Waals surface area contributed by atoms with Crippen LogP contribution in [0.1, 0.15) is 30.3 Å². The molecule has 0 saturated heterocycles. The molecule has 0 aliphatic carbocycles. The molecule has 7 nitrogen and oxygen atoms in total. The molecule has 130 valence electrons. The number of carbonyl (C=O) groups excluding carboxylic acids is 1. The fraction of sp³-hybridized carbons (Fsp3) is 0.278. The molecule has 2 aromatic heterocycles. The third kappa shape index (κ3) is 4.54. The van der Waals surface area contributed by atoms with E-state index in [-0.39, 0.29) is 12.5 Å². The first-order valence-corrected chi connectivity index (χ1v) is 8.08. The summed E-state index contributed by atoms with van der Waals surface area (Å²) in [7, 11) is 0. The number of furan rings is 1. The molecule has 1 amide bonds. The highest BCUT2D eigenvalue weighted by Gasteiger charge is 2.14. The Balaban J connectivity index is 1.46. The maximum atomic E-state index is 12.1. The van der Waals surface area contributed by atoms with Crippen molar-refractivity contribution in [1.29, 1.82) is 0 Å². The number of nitrogens with one attached hydrogen (secondary N) is 1. The lowest BCUT2D eigenvalue weighted by Crippen LogP contribution is -2.30. The number of hydrogen-bond donors (Lipinski definition) is 2. The minimum absolute atomic E-state index is 0.131. The second-order valence-electron chi connectivity index (χ2n) is 5.56. The van der Waals surface area contributed by atoms with E-state index in [0.717, 1.165) is 5.56 Å². The Hall–Kier alpha value is -2.93. The van der Waals surface area contributed by atoms with Gasteiger partial charge in [-0.25, -0.2) is 0 Å². The van der Waals surface area contributed by atoms with Crippen molar-refractivity contribution in [3.05, 3.63) is 60.2 Å². The molecule has 3 rings (SSSR count). The number of carbonyl (C=O) groups is 1. The van der Waals surface area contributed by atoms with Crippen molar-refractivity contribution >= 4 is 5.91 Å². The van der Waals surface area contributed by atoms with Crippen molar-refractivity contribution in [2.45, 2.75) is 25.3 Å². The summed E-state index contributed by atoms with van der Waals surface area (Å²) >= 11 is 0. The normalized spacial score (nSPS) is 12.0. The monoisotopic (exact) mass is 341 g/mol. The third-order valence-corrected chi connectivity index (χ3v) is 3.72. The SMILES string of the molecule is O=C(CCCc1nc(-c2ccco2)no1)N[C@@H](CO)c1ccccc1. The molecule has 1 aromatic carbocycles. The van der Waals surface area contributed by atoms with Crippen molar-refractivity contribution in [2.75, 3.05) is 6.61 Å². The van der Waals surface area contributed by atoms with Crippen molar-refractivity contribution in [3.63, 3.8) is 0 Å². The molecule has 2 N–H and O–H groups in total. The second-order valence-corrected chi connectivity index (χ2v) is 5.56. The van der Waals surface area contributed by atoms with Crippen LogP contribution < -0.4 is 5.32 Å². The first-order valence-electron chi connectivity index (χ1n) is 8.08. The number of aromatic nitrogens is 2. The van der Waals surface area contributed by atoms with E-state index in [9.17, 15) is 9.90 Å². The summed E-state index contributed by atoms with van der Waals surface area (Å²) in [6, 6.07) is 12.5. The number of aliphatic hydroxyl groups is 1. The van der Waals surface area contributed by atoms with Crippen LogP contribution in [0.15, 0.2) is 57.7 Å². The summed E-state index contributed by atoms with van der Waals surface area (Å²) in [6.45, 7) is -0.147. The van der Waals surface area contributed by atoms with E-state index in [2.05, 4.69) is 15.5 Å². The lowest BCUT2D eigenvalue weighted by molar-refractivity contribution is -0.122. The Kier molecular flexibility index (Phi) is 5.58. The first kappa shape index (κ1) is 16.9. The molecule has 3 aromatic rings. The van der Waals surface area contributed by atoms with Crippen LogP contribution in [0.5, 0.6) is 0 Å². The molecule has 2 heterocycles. The zero-order valence-electron chi connectivity index (χ0n) is 13.6. The van der Waals surface area contributed by atoms with Gasteiger partial charge >= 0.3 is 0 Å². The first-order chi connectivity index (χ1) is 12.3. The lowest BCUT2D eigenvalue weighted by Gasteiger charge is -2.16. The largest absolute Gasteiger partial charge is 0.461 e. The van der Waals surface area contributed by atoms with E-state index in [1.807, 2.05) is 30.3 Å². The van der Waals surface area contributed by atoms with Crippen LogP contribution in [-0.4, -0.2) is 27.8 Å². The van der Waals surface area contributed by atoms with E-state index in [4.69, 9.17) is 8.94 Å². The summed E-state index contributed by atoms with van der Waals surface area (Å²) in [5, 5.41) is 16.1. The predicted molar refractivity (Wildman–Crippen MR) is 89.3 cm³/mol. The Morgan fingerprint density at radius 1 is 1.20 bits per heavy atom. The van der Waals surface area contributed by atoms with Gasteiger partial charge in [-0.05, 0) is 24.1 Å². The molecule has 25 heavy (non-hydrogen) atoms. The maximum Gasteiger partial charge on any atom is 0.238 e. The van der Waals surface area contributed by atoms with Gasteiger partial charge in [0.1, 0.15) is 0 Å². The highest BCUT2D eigenvalue weighted by molar-refractivity contribution is 5.76. The summed E-state index contributed by atoms with van der Waals surface area (Å²) in [6.07, 6.45) is 2.91. The third-order valence-electron chi connectivity index (χ3n) is 3.72. The van der Waals surface area contributed by atoms with Gasteiger partial charge < -0.3 is 19.4 Å². The fourth-order valence-corrected chi connectivity index (χ4v) is 2.45. The molecule has 0 aliphatic rings. The maximum absolute atomic E-state index is 12.1. The minimum atomic E-state index is -0.400. The van der Waals surface area contributed by atoms with Crippen molar-refractivity contribution < 1.29 is 18.8 Å².